The van der Waals surface area contributed by atoms with Gasteiger partial charge in [-0.1, -0.05) is 0 Å². The van der Waals surface area contributed by atoms with E-state index >= 15 is 0 Å². The van der Waals surface area contributed by atoms with Crippen LogP contribution in [0.25, 0.3) is 0 Å². The van der Waals surface area contributed by atoms with Gasteiger partial charge < -0.3 is 15.0 Å². The van der Waals surface area contributed by atoms with E-state index < -0.39 is 0 Å². The molecule has 1 aromatic rings. The molecule has 1 aliphatic rings. The first-order valence-electron chi connectivity index (χ1n) is 8.43. The molecule has 0 spiro atoms. The highest BCUT2D eigenvalue weighted by atomic mass is 32.2. The highest BCUT2D eigenvalue weighted by Crippen LogP contribution is 2.26. The summed E-state index contributed by atoms with van der Waals surface area (Å²) < 4.78 is 5.42. The van der Waals surface area contributed by atoms with Crippen molar-refractivity contribution in [2.24, 2.45) is 0 Å². The van der Waals surface area contributed by atoms with E-state index in [-0.39, 0.29) is 11.9 Å². The van der Waals surface area contributed by atoms with Crippen molar-refractivity contribution in [3.63, 3.8) is 0 Å². The van der Waals surface area contributed by atoms with E-state index in [1.165, 1.54) is 0 Å². The molecule has 1 N–H and O–H groups in total. The Morgan fingerprint density at radius 2 is 2.04 bits per heavy atom. The lowest BCUT2D eigenvalue weighted by molar-refractivity contribution is -0.120. The van der Waals surface area contributed by atoms with Crippen molar-refractivity contribution in [3.8, 4) is 5.75 Å². The van der Waals surface area contributed by atoms with Gasteiger partial charge in [-0.2, -0.15) is 11.8 Å². The summed E-state index contributed by atoms with van der Waals surface area (Å²) >= 11 is 1.88. The second-order valence-electron chi connectivity index (χ2n) is 6.38. The Morgan fingerprint density at radius 1 is 1.38 bits per heavy atom. The summed E-state index contributed by atoms with van der Waals surface area (Å²) in [5.41, 5.74) is 0.806. The Labute approximate surface area is 149 Å². The van der Waals surface area contributed by atoms with Gasteiger partial charge in [0.05, 0.1) is 12.6 Å². The maximum absolute atomic E-state index is 12.6. The van der Waals surface area contributed by atoms with E-state index in [0.29, 0.717) is 17.9 Å². The number of anilines is 1. The highest BCUT2D eigenvalue weighted by molar-refractivity contribution is 7.99. The minimum absolute atomic E-state index is 0.0402. The van der Waals surface area contributed by atoms with Crippen molar-refractivity contribution in [2.45, 2.75) is 31.2 Å². The summed E-state index contributed by atoms with van der Waals surface area (Å²) in [5, 5.41) is 3.55. The number of carbonyl (C=O) groups is 1. The predicted molar refractivity (Wildman–Crippen MR) is 102 cm³/mol. The molecule has 1 aliphatic heterocycles. The van der Waals surface area contributed by atoms with Crippen LogP contribution in [0.1, 0.15) is 13.8 Å². The Morgan fingerprint density at radius 3 is 2.54 bits per heavy atom. The number of likely N-dealkylation sites (N-methyl/N-ethyl adjacent to an activating group) is 1. The lowest BCUT2D eigenvalue weighted by Gasteiger charge is -2.25. The van der Waals surface area contributed by atoms with E-state index in [9.17, 15) is 4.79 Å². The van der Waals surface area contributed by atoms with Gasteiger partial charge in [-0.05, 0) is 58.5 Å². The fourth-order valence-electron chi connectivity index (χ4n) is 3.04. The van der Waals surface area contributed by atoms with E-state index in [2.05, 4.69) is 35.5 Å². The molecule has 0 aromatic heterocycles. The average Bonchev–Trinajstić information content (AvgIpc) is 3.00. The number of ether oxygens (including phenoxy) is 1. The zero-order valence-electron chi connectivity index (χ0n) is 15.3. The van der Waals surface area contributed by atoms with Gasteiger partial charge >= 0.3 is 0 Å². The highest BCUT2D eigenvalue weighted by Gasteiger charge is 2.37. The molecule has 0 saturated carbocycles. The summed E-state index contributed by atoms with van der Waals surface area (Å²) in [5.74, 6) is 0.859. The zero-order valence-corrected chi connectivity index (χ0v) is 16.1. The number of amides is 1. The van der Waals surface area contributed by atoms with Crippen LogP contribution in [0.5, 0.6) is 5.75 Å². The molecule has 1 amide bonds. The standard InChI is InChI=1S/C18H29N3O2S/c1-6-23-15-9-7-14(8-10-15)19-18(22)13(2)21-11-16(20(3)4)17(12-21)24-5/h7-10,13,16-17H,6,11-12H2,1-5H3,(H,19,22)/t13-,16-,17-/m0/s1. The molecular formula is C18H29N3O2S. The Bertz CT molecular complexity index is 536. The van der Waals surface area contributed by atoms with Crippen LogP contribution in [-0.4, -0.2) is 73.1 Å². The van der Waals surface area contributed by atoms with Crippen molar-refractivity contribution in [2.75, 3.05) is 45.4 Å². The molecule has 134 valence electrons. The Kier molecular flexibility index (Phi) is 6.95. The fourth-order valence-corrected chi connectivity index (χ4v) is 4.03. The first kappa shape index (κ1) is 19.1. The Balaban J connectivity index is 1.94. The summed E-state index contributed by atoms with van der Waals surface area (Å²) in [7, 11) is 4.23. The van der Waals surface area contributed by atoms with Crippen LogP contribution in [0.2, 0.25) is 0 Å². The molecule has 3 atom stereocenters. The van der Waals surface area contributed by atoms with Crippen LogP contribution in [0.4, 0.5) is 5.69 Å². The minimum Gasteiger partial charge on any atom is -0.494 e. The molecule has 1 saturated heterocycles. The SMILES string of the molecule is CCOc1ccc(NC(=O)[C@H](C)N2C[C@H](SC)[C@@H](N(C)C)C2)cc1. The van der Waals surface area contributed by atoms with Gasteiger partial charge in [-0.15, -0.1) is 0 Å². The van der Waals surface area contributed by atoms with Crippen LogP contribution in [-0.2, 0) is 4.79 Å². The molecule has 1 aromatic carbocycles. The van der Waals surface area contributed by atoms with Gasteiger partial charge in [0.1, 0.15) is 5.75 Å². The summed E-state index contributed by atoms with van der Waals surface area (Å²) in [6.07, 6.45) is 2.15. The van der Waals surface area contributed by atoms with E-state index in [1.807, 2.05) is 49.9 Å². The molecule has 1 heterocycles. The zero-order chi connectivity index (χ0) is 17.7. The predicted octanol–water partition coefficient (Wildman–Crippen LogP) is 2.39. The first-order valence-corrected chi connectivity index (χ1v) is 9.72. The van der Waals surface area contributed by atoms with Crippen molar-refractivity contribution in [1.29, 1.82) is 0 Å². The number of hydrogen-bond acceptors (Lipinski definition) is 5. The fraction of sp³-hybridized carbons (Fsp3) is 0.611. The van der Waals surface area contributed by atoms with Crippen molar-refractivity contribution < 1.29 is 9.53 Å². The third-order valence-electron chi connectivity index (χ3n) is 4.59. The normalized spacial score (nSPS) is 22.6. The second kappa shape index (κ2) is 8.74. The lowest BCUT2D eigenvalue weighted by atomic mass is 10.2. The third kappa shape index (κ3) is 4.65. The van der Waals surface area contributed by atoms with Crippen LogP contribution in [0.3, 0.4) is 0 Å². The molecular weight excluding hydrogens is 322 g/mol. The molecule has 1 fully saturated rings. The molecule has 0 bridgehead atoms. The lowest BCUT2D eigenvalue weighted by Crippen LogP contribution is -2.42. The van der Waals surface area contributed by atoms with Crippen LogP contribution < -0.4 is 10.1 Å². The van der Waals surface area contributed by atoms with E-state index in [4.69, 9.17) is 4.74 Å². The number of thioether (sulfide) groups is 1. The van der Waals surface area contributed by atoms with Gasteiger partial charge in [0.2, 0.25) is 5.91 Å². The molecule has 0 unspecified atom stereocenters. The first-order chi connectivity index (χ1) is 11.5. The van der Waals surface area contributed by atoms with Crippen LogP contribution >= 0.6 is 11.8 Å². The summed E-state index contributed by atoms with van der Waals surface area (Å²) in [6, 6.07) is 7.87. The number of nitrogens with one attached hydrogen (secondary N) is 1. The monoisotopic (exact) mass is 351 g/mol. The van der Waals surface area contributed by atoms with Gasteiger partial charge in [-0.25, -0.2) is 0 Å². The van der Waals surface area contributed by atoms with E-state index in [1.54, 1.807) is 0 Å². The van der Waals surface area contributed by atoms with Crippen LogP contribution in [0.15, 0.2) is 24.3 Å². The number of carbonyl (C=O) groups excluding carboxylic acids is 1. The molecule has 5 nitrogen and oxygen atoms in total. The van der Waals surface area contributed by atoms with Crippen LogP contribution in [0, 0.1) is 0 Å². The number of nitrogens with zero attached hydrogens (tertiary/aromatic N) is 2. The topological polar surface area (TPSA) is 44.8 Å². The summed E-state index contributed by atoms with van der Waals surface area (Å²) in [4.78, 5) is 17.1. The number of hydrogen-bond donors (Lipinski definition) is 1. The molecule has 6 heteroatoms. The van der Waals surface area contributed by atoms with Gasteiger partial charge in [0.25, 0.3) is 0 Å². The van der Waals surface area contributed by atoms with Crippen molar-refractivity contribution in [1.82, 2.24) is 9.80 Å². The molecule has 2 rings (SSSR count). The van der Waals surface area contributed by atoms with Crippen molar-refractivity contribution in [3.05, 3.63) is 24.3 Å². The quantitative estimate of drug-likeness (QED) is 0.817. The third-order valence-corrected chi connectivity index (χ3v) is 5.66. The summed E-state index contributed by atoms with van der Waals surface area (Å²) in [6.45, 7) is 6.45. The molecule has 0 aliphatic carbocycles. The van der Waals surface area contributed by atoms with Gasteiger partial charge in [0, 0.05) is 30.1 Å². The molecule has 0 radical (unpaired) electrons. The largest absolute Gasteiger partial charge is 0.494 e. The van der Waals surface area contributed by atoms with Crippen molar-refractivity contribution >= 4 is 23.4 Å². The number of likely N-dealkylation sites (tertiary alicyclic amines) is 1. The second-order valence-corrected chi connectivity index (χ2v) is 7.46. The molecule has 24 heavy (non-hydrogen) atoms. The smallest absolute Gasteiger partial charge is 0.241 e. The average molecular weight is 352 g/mol. The Hall–Kier alpha value is -1.24. The minimum atomic E-state index is -0.142. The van der Waals surface area contributed by atoms with Gasteiger partial charge in [0.15, 0.2) is 0 Å². The van der Waals surface area contributed by atoms with Gasteiger partial charge in [-0.3, -0.25) is 9.69 Å². The maximum Gasteiger partial charge on any atom is 0.241 e. The van der Waals surface area contributed by atoms with E-state index in [0.717, 1.165) is 24.5 Å². The number of benzene rings is 1. The number of rotatable bonds is 7. The maximum atomic E-state index is 12.6.